The number of methoxy groups -OCH3 is 1. The second kappa shape index (κ2) is 9.21. The largest absolute Gasteiger partial charge is 0.493 e. The monoisotopic (exact) mass is 427 g/mol. The van der Waals surface area contributed by atoms with Crippen molar-refractivity contribution in [3.05, 3.63) is 42.5 Å². The highest BCUT2D eigenvalue weighted by Gasteiger charge is 2.24. The molecule has 8 heteroatoms. The van der Waals surface area contributed by atoms with E-state index in [1.54, 1.807) is 24.5 Å². The lowest BCUT2D eigenvalue weighted by Gasteiger charge is -2.34. The molecule has 0 bridgehead atoms. The molecule has 1 fully saturated rings. The molecule has 3 aromatic rings. The molecule has 0 spiro atoms. The number of anilines is 1. The number of carbonyl (C=O) groups excluding carboxylic acids is 1. The number of ether oxygens (including phenoxy) is 3. The van der Waals surface area contributed by atoms with Crippen molar-refractivity contribution in [2.45, 2.75) is 6.92 Å². The number of benzene rings is 2. The van der Waals surface area contributed by atoms with Crippen LogP contribution in [-0.2, 0) is 4.79 Å². The highest BCUT2D eigenvalue weighted by molar-refractivity contribution is 7.22. The van der Waals surface area contributed by atoms with Gasteiger partial charge >= 0.3 is 0 Å². The molecule has 0 saturated carbocycles. The highest BCUT2D eigenvalue weighted by Crippen LogP contribution is 2.34. The van der Waals surface area contributed by atoms with Crippen molar-refractivity contribution in [2.24, 2.45) is 0 Å². The van der Waals surface area contributed by atoms with Gasteiger partial charge in [0.25, 0.3) is 5.91 Å². The Balaban J connectivity index is 1.35. The Bertz CT molecular complexity index is 1010. The number of rotatable bonds is 7. The molecular formula is C22H25N3O4S. The number of hydrogen-bond donors (Lipinski definition) is 0. The van der Waals surface area contributed by atoms with E-state index in [2.05, 4.69) is 11.0 Å². The number of piperazine rings is 1. The second-order valence-electron chi connectivity index (χ2n) is 6.84. The number of thiazole rings is 1. The third-order valence-corrected chi connectivity index (χ3v) is 6.08. The molecule has 0 unspecified atom stereocenters. The summed E-state index contributed by atoms with van der Waals surface area (Å²) in [5.41, 5.74) is 0.906. The third-order valence-electron chi connectivity index (χ3n) is 4.99. The summed E-state index contributed by atoms with van der Waals surface area (Å²) >= 11 is 1.66. The fourth-order valence-corrected chi connectivity index (χ4v) is 4.47. The summed E-state index contributed by atoms with van der Waals surface area (Å²) in [5, 5.41) is 0.967. The number of carbonyl (C=O) groups is 1. The van der Waals surface area contributed by atoms with Gasteiger partial charge in [0.05, 0.1) is 18.4 Å². The maximum atomic E-state index is 12.6. The summed E-state index contributed by atoms with van der Waals surface area (Å²) in [4.78, 5) is 21.4. The van der Waals surface area contributed by atoms with Crippen LogP contribution >= 0.6 is 11.3 Å². The lowest BCUT2D eigenvalue weighted by atomic mass is 10.3. The summed E-state index contributed by atoms with van der Waals surface area (Å²) in [6.07, 6.45) is 0. The van der Waals surface area contributed by atoms with Crippen LogP contribution < -0.4 is 19.1 Å². The zero-order valence-electron chi connectivity index (χ0n) is 17.2. The van der Waals surface area contributed by atoms with E-state index in [0.717, 1.165) is 34.2 Å². The van der Waals surface area contributed by atoms with Crippen molar-refractivity contribution in [1.29, 1.82) is 0 Å². The molecule has 1 aliphatic heterocycles. The highest BCUT2D eigenvalue weighted by atomic mass is 32.1. The smallest absolute Gasteiger partial charge is 0.260 e. The number of fused-ring (bicyclic) bond motifs is 1. The van der Waals surface area contributed by atoms with Gasteiger partial charge in [0.1, 0.15) is 11.3 Å². The maximum Gasteiger partial charge on any atom is 0.260 e. The van der Waals surface area contributed by atoms with E-state index in [1.165, 1.54) is 0 Å². The van der Waals surface area contributed by atoms with Crippen LogP contribution in [0.2, 0.25) is 0 Å². The van der Waals surface area contributed by atoms with E-state index in [1.807, 2.05) is 42.2 Å². The predicted octanol–water partition coefficient (Wildman–Crippen LogP) is 3.43. The molecule has 0 aliphatic carbocycles. The van der Waals surface area contributed by atoms with Crippen molar-refractivity contribution < 1.29 is 19.0 Å². The van der Waals surface area contributed by atoms with Crippen molar-refractivity contribution in [1.82, 2.24) is 9.88 Å². The maximum absolute atomic E-state index is 12.6. The number of nitrogens with zero attached hydrogens (tertiary/aromatic N) is 3. The van der Waals surface area contributed by atoms with E-state index in [0.29, 0.717) is 31.2 Å². The van der Waals surface area contributed by atoms with Gasteiger partial charge in [0.2, 0.25) is 0 Å². The number of aromatic nitrogens is 1. The second-order valence-corrected chi connectivity index (χ2v) is 7.85. The number of para-hydroxylation sites is 3. The van der Waals surface area contributed by atoms with Gasteiger partial charge in [-0.25, -0.2) is 4.98 Å². The topological polar surface area (TPSA) is 64.1 Å². The van der Waals surface area contributed by atoms with Gasteiger partial charge in [-0.3, -0.25) is 4.79 Å². The van der Waals surface area contributed by atoms with Crippen molar-refractivity contribution in [2.75, 3.05) is 51.4 Å². The predicted molar refractivity (Wildman–Crippen MR) is 118 cm³/mol. The molecule has 2 heterocycles. The molecule has 0 N–H and O–H groups in total. The molecule has 1 saturated heterocycles. The van der Waals surface area contributed by atoms with Gasteiger partial charge in [-0.1, -0.05) is 29.5 Å². The molecular weight excluding hydrogens is 402 g/mol. The first-order chi connectivity index (χ1) is 14.7. The normalized spacial score (nSPS) is 14.1. The first kappa shape index (κ1) is 20.3. The molecule has 0 radical (unpaired) electrons. The van der Waals surface area contributed by atoms with Crippen LogP contribution in [0.5, 0.6) is 17.2 Å². The summed E-state index contributed by atoms with van der Waals surface area (Å²) in [6.45, 7) is 5.35. The summed E-state index contributed by atoms with van der Waals surface area (Å²) in [6, 6.07) is 13.3. The van der Waals surface area contributed by atoms with Gasteiger partial charge in [-0.15, -0.1) is 0 Å². The van der Waals surface area contributed by atoms with Crippen LogP contribution in [0, 0.1) is 0 Å². The molecule has 1 aliphatic rings. The summed E-state index contributed by atoms with van der Waals surface area (Å²) in [7, 11) is 1.59. The van der Waals surface area contributed by atoms with Crippen molar-refractivity contribution >= 4 is 32.6 Å². The standard InChI is InChI=1S/C22H25N3O4S/c1-3-28-18-9-6-10-19-21(18)23-22(30-19)25-13-11-24(12-14-25)20(26)15-29-17-8-5-4-7-16(17)27-2/h4-10H,3,11-15H2,1-2H3. The SMILES string of the molecule is CCOc1cccc2sc(N3CCN(C(=O)COc4ccccc4OC)CC3)nc12. The number of amides is 1. The Morgan fingerprint density at radius 1 is 1.00 bits per heavy atom. The first-order valence-corrected chi connectivity index (χ1v) is 10.8. The van der Waals surface area contributed by atoms with Crippen LogP contribution in [0.25, 0.3) is 10.2 Å². The van der Waals surface area contributed by atoms with E-state index in [-0.39, 0.29) is 12.5 Å². The van der Waals surface area contributed by atoms with Crippen molar-refractivity contribution in [3.8, 4) is 17.2 Å². The van der Waals surface area contributed by atoms with Crippen LogP contribution in [-0.4, -0.2) is 62.3 Å². The van der Waals surface area contributed by atoms with E-state index in [9.17, 15) is 4.79 Å². The lowest BCUT2D eigenvalue weighted by Crippen LogP contribution is -2.50. The van der Waals surface area contributed by atoms with Gasteiger partial charge < -0.3 is 24.0 Å². The summed E-state index contributed by atoms with van der Waals surface area (Å²) in [5.74, 6) is 1.99. The fourth-order valence-electron chi connectivity index (χ4n) is 3.43. The minimum atomic E-state index is -0.0245. The molecule has 30 heavy (non-hydrogen) atoms. The van der Waals surface area contributed by atoms with E-state index in [4.69, 9.17) is 19.2 Å². The zero-order chi connectivity index (χ0) is 20.9. The van der Waals surface area contributed by atoms with E-state index < -0.39 is 0 Å². The molecule has 0 atom stereocenters. The minimum absolute atomic E-state index is 0.000766. The molecule has 158 valence electrons. The van der Waals surface area contributed by atoms with Gasteiger partial charge in [0.15, 0.2) is 23.2 Å². The molecule has 1 aromatic heterocycles. The molecule has 4 rings (SSSR count). The molecule has 1 amide bonds. The van der Waals surface area contributed by atoms with Gasteiger partial charge in [0, 0.05) is 26.2 Å². The molecule has 7 nitrogen and oxygen atoms in total. The van der Waals surface area contributed by atoms with Crippen LogP contribution in [0.1, 0.15) is 6.92 Å². The van der Waals surface area contributed by atoms with Crippen LogP contribution in [0.4, 0.5) is 5.13 Å². The third kappa shape index (κ3) is 4.28. The van der Waals surface area contributed by atoms with Crippen LogP contribution in [0.3, 0.4) is 0 Å². The van der Waals surface area contributed by atoms with E-state index >= 15 is 0 Å². The average molecular weight is 428 g/mol. The summed E-state index contributed by atoms with van der Waals surface area (Å²) < 4.78 is 17.7. The Labute approximate surface area is 179 Å². The van der Waals surface area contributed by atoms with Crippen LogP contribution in [0.15, 0.2) is 42.5 Å². The minimum Gasteiger partial charge on any atom is -0.493 e. The quantitative estimate of drug-likeness (QED) is 0.576. The number of hydrogen-bond acceptors (Lipinski definition) is 7. The Morgan fingerprint density at radius 3 is 2.47 bits per heavy atom. The Morgan fingerprint density at radius 2 is 1.73 bits per heavy atom. The Kier molecular flexibility index (Phi) is 6.23. The van der Waals surface area contributed by atoms with Gasteiger partial charge in [-0.2, -0.15) is 0 Å². The van der Waals surface area contributed by atoms with Gasteiger partial charge in [-0.05, 0) is 31.2 Å². The Hall–Kier alpha value is -3.00. The molecule has 2 aromatic carbocycles. The fraction of sp³-hybridized carbons (Fsp3) is 0.364. The van der Waals surface area contributed by atoms with Crippen molar-refractivity contribution in [3.63, 3.8) is 0 Å². The lowest BCUT2D eigenvalue weighted by molar-refractivity contribution is -0.133. The zero-order valence-corrected chi connectivity index (χ0v) is 18.0. The first-order valence-electron chi connectivity index (χ1n) is 10.0. The average Bonchev–Trinajstić information content (AvgIpc) is 3.23.